The second-order valence-corrected chi connectivity index (χ2v) is 10.1. The molecule has 1 atom stereocenters. The smallest absolute Gasteiger partial charge is 0.410 e. The van der Waals surface area contributed by atoms with Crippen molar-refractivity contribution in [1.82, 2.24) is 29.6 Å². The van der Waals surface area contributed by atoms with E-state index in [9.17, 15) is 9.18 Å². The van der Waals surface area contributed by atoms with Crippen LogP contribution >= 0.6 is 11.6 Å². The fourth-order valence-corrected chi connectivity index (χ4v) is 5.87. The number of amides is 1. The van der Waals surface area contributed by atoms with Gasteiger partial charge < -0.3 is 9.64 Å². The Morgan fingerprint density at radius 3 is 2.63 bits per heavy atom. The van der Waals surface area contributed by atoms with E-state index >= 15 is 0 Å². The molecule has 1 aliphatic carbocycles. The molecule has 1 unspecified atom stereocenters. The molecule has 1 aromatic carbocycles. The van der Waals surface area contributed by atoms with Crippen LogP contribution < -0.4 is 4.90 Å². The van der Waals surface area contributed by atoms with Gasteiger partial charge in [-0.25, -0.2) is 19.2 Å². The van der Waals surface area contributed by atoms with Gasteiger partial charge in [-0.1, -0.05) is 11.6 Å². The minimum atomic E-state index is -0.433. The Bertz CT molecular complexity index is 1280. The predicted octanol–water partition coefficient (Wildman–Crippen LogP) is 4.27. The van der Waals surface area contributed by atoms with Crippen molar-refractivity contribution < 1.29 is 13.9 Å². The van der Waals surface area contributed by atoms with Gasteiger partial charge in [0, 0.05) is 29.4 Å². The molecule has 6 rings (SSSR count). The molecule has 1 saturated carbocycles. The molecule has 2 fully saturated rings. The number of aromatic nitrogens is 5. The number of hydrogen-bond donors (Lipinski definition) is 0. The Morgan fingerprint density at radius 1 is 1.20 bits per heavy atom. The SMILES string of the molecule is CCOC(=O)N1Cc2cc(Cl)ccc2-n2c(C3CC4(C3)CN(c3ncc(F)cn3)C4)nnc2C1C. The Labute approximate surface area is 206 Å². The Kier molecular flexibility index (Phi) is 5.17. The van der Waals surface area contributed by atoms with Gasteiger partial charge in [0.1, 0.15) is 5.82 Å². The van der Waals surface area contributed by atoms with Gasteiger partial charge in [0.05, 0.1) is 37.3 Å². The van der Waals surface area contributed by atoms with Crippen molar-refractivity contribution in [2.75, 3.05) is 24.6 Å². The third-order valence-corrected chi connectivity index (χ3v) is 7.58. The zero-order valence-electron chi connectivity index (χ0n) is 19.5. The summed E-state index contributed by atoms with van der Waals surface area (Å²) in [7, 11) is 0. The van der Waals surface area contributed by atoms with Crippen molar-refractivity contribution in [3.63, 3.8) is 0 Å². The first-order chi connectivity index (χ1) is 16.9. The summed E-state index contributed by atoms with van der Waals surface area (Å²) in [5, 5.41) is 9.76. The molecule has 11 heteroatoms. The van der Waals surface area contributed by atoms with Crippen LogP contribution in [0.25, 0.3) is 5.69 Å². The van der Waals surface area contributed by atoms with Crippen LogP contribution in [-0.4, -0.2) is 55.4 Å². The maximum absolute atomic E-state index is 13.1. The third-order valence-electron chi connectivity index (χ3n) is 7.35. The van der Waals surface area contributed by atoms with Gasteiger partial charge in [-0.15, -0.1) is 10.2 Å². The third kappa shape index (κ3) is 3.62. The van der Waals surface area contributed by atoms with E-state index in [1.54, 1.807) is 11.8 Å². The van der Waals surface area contributed by atoms with E-state index in [2.05, 4.69) is 29.6 Å². The maximum Gasteiger partial charge on any atom is 0.410 e. The van der Waals surface area contributed by atoms with E-state index in [0.29, 0.717) is 29.9 Å². The first-order valence-electron chi connectivity index (χ1n) is 11.8. The molecule has 1 spiro atoms. The maximum atomic E-state index is 13.1. The van der Waals surface area contributed by atoms with Crippen LogP contribution in [0, 0.1) is 11.2 Å². The molecule has 1 saturated heterocycles. The predicted molar refractivity (Wildman–Crippen MR) is 126 cm³/mol. The van der Waals surface area contributed by atoms with Crippen LogP contribution in [0.15, 0.2) is 30.6 Å². The van der Waals surface area contributed by atoms with Crippen LogP contribution in [0.3, 0.4) is 0 Å². The average Bonchev–Trinajstić information content (AvgIpc) is 3.16. The van der Waals surface area contributed by atoms with E-state index < -0.39 is 5.82 Å². The summed E-state index contributed by atoms with van der Waals surface area (Å²) in [6.45, 7) is 6.10. The Hall–Kier alpha value is -3.27. The van der Waals surface area contributed by atoms with E-state index in [1.165, 1.54) is 12.4 Å². The number of anilines is 1. The number of ether oxygens (including phenoxy) is 1. The molecule has 35 heavy (non-hydrogen) atoms. The molecule has 2 aliphatic heterocycles. The molecule has 1 amide bonds. The second kappa shape index (κ2) is 8.15. The molecule has 4 heterocycles. The van der Waals surface area contributed by atoms with Crippen molar-refractivity contribution in [3.8, 4) is 5.69 Å². The first-order valence-corrected chi connectivity index (χ1v) is 12.2. The lowest BCUT2D eigenvalue weighted by atomic mass is 9.57. The number of carbonyl (C=O) groups is 1. The molecule has 9 nitrogen and oxygen atoms in total. The van der Waals surface area contributed by atoms with Gasteiger partial charge in [-0.3, -0.25) is 9.47 Å². The minimum Gasteiger partial charge on any atom is -0.450 e. The highest BCUT2D eigenvalue weighted by atomic mass is 35.5. The van der Waals surface area contributed by atoms with Crippen molar-refractivity contribution in [1.29, 1.82) is 0 Å². The van der Waals surface area contributed by atoms with Gasteiger partial charge in [0.25, 0.3) is 0 Å². The molecular weight excluding hydrogens is 473 g/mol. The number of nitrogens with zero attached hydrogens (tertiary/aromatic N) is 7. The summed E-state index contributed by atoms with van der Waals surface area (Å²) < 4.78 is 20.6. The average molecular weight is 498 g/mol. The van der Waals surface area contributed by atoms with Gasteiger partial charge in [0.2, 0.25) is 5.95 Å². The van der Waals surface area contributed by atoms with Gasteiger partial charge in [-0.2, -0.15) is 0 Å². The summed E-state index contributed by atoms with van der Waals surface area (Å²) in [4.78, 5) is 24.7. The minimum absolute atomic E-state index is 0.185. The van der Waals surface area contributed by atoms with Crippen LogP contribution in [0.1, 0.15) is 55.9 Å². The van der Waals surface area contributed by atoms with Crippen LogP contribution in [0.5, 0.6) is 0 Å². The summed E-state index contributed by atoms with van der Waals surface area (Å²) >= 11 is 6.32. The topological polar surface area (TPSA) is 89.3 Å². The van der Waals surface area contributed by atoms with Gasteiger partial charge in [0.15, 0.2) is 11.6 Å². The number of rotatable bonds is 3. The zero-order chi connectivity index (χ0) is 24.3. The zero-order valence-corrected chi connectivity index (χ0v) is 20.2. The highest BCUT2D eigenvalue weighted by Gasteiger charge is 2.55. The van der Waals surface area contributed by atoms with E-state index in [-0.39, 0.29) is 23.5 Å². The van der Waals surface area contributed by atoms with Crippen molar-refractivity contribution in [2.24, 2.45) is 5.41 Å². The number of fused-ring (bicyclic) bond motifs is 3. The van der Waals surface area contributed by atoms with Crippen LogP contribution in [0.2, 0.25) is 5.02 Å². The molecule has 3 aromatic rings. The van der Waals surface area contributed by atoms with E-state index in [0.717, 1.165) is 43.0 Å². The van der Waals surface area contributed by atoms with Crippen molar-refractivity contribution in [2.45, 2.75) is 45.2 Å². The molecule has 3 aliphatic rings. The molecule has 182 valence electrons. The number of carbonyl (C=O) groups excluding carboxylic acids is 1. The molecule has 0 N–H and O–H groups in total. The number of hydrogen-bond acceptors (Lipinski definition) is 7. The quantitative estimate of drug-likeness (QED) is 0.534. The lowest BCUT2D eigenvalue weighted by molar-refractivity contribution is 0.0574. The largest absolute Gasteiger partial charge is 0.450 e. The summed E-state index contributed by atoms with van der Waals surface area (Å²) in [6.07, 6.45) is 3.97. The van der Waals surface area contributed by atoms with Gasteiger partial charge in [-0.05, 0) is 50.5 Å². The first kappa shape index (κ1) is 22.2. The molecule has 0 bridgehead atoms. The standard InChI is InChI=1S/C24H25ClFN7O2/c1-3-35-23(34)32-11-15-6-17(25)4-5-19(15)33-20(14(32)2)29-30-21(33)16-7-24(8-16)12-31(13-24)22-27-9-18(26)10-28-22/h4-6,9-10,14,16H,3,7-8,11-13H2,1-2H3. The lowest BCUT2D eigenvalue weighted by Gasteiger charge is -2.58. The Morgan fingerprint density at radius 2 is 1.91 bits per heavy atom. The van der Waals surface area contributed by atoms with E-state index in [4.69, 9.17) is 16.3 Å². The van der Waals surface area contributed by atoms with Gasteiger partial charge >= 0.3 is 6.09 Å². The fourth-order valence-electron chi connectivity index (χ4n) is 5.68. The van der Waals surface area contributed by atoms with Crippen molar-refractivity contribution in [3.05, 3.63) is 58.6 Å². The fraction of sp³-hybridized carbons (Fsp3) is 0.458. The normalized spacial score (nSPS) is 20.5. The van der Waals surface area contributed by atoms with Crippen molar-refractivity contribution >= 4 is 23.6 Å². The molecular formula is C24H25ClFN7O2. The number of benzene rings is 1. The van der Waals surface area contributed by atoms with Crippen LogP contribution in [0.4, 0.5) is 15.1 Å². The summed E-state index contributed by atoms with van der Waals surface area (Å²) in [5.41, 5.74) is 2.05. The van der Waals surface area contributed by atoms with E-state index in [1.807, 2.05) is 25.1 Å². The highest BCUT2D eigenvalue weighted by Crippen LogP contribution is 2.56. The Balaban J connectivity index is 1.27. The number of halogens is 2. The highest BCUT2D eigenvalue weighted by molar-refractivity contribution is 6.30. The summed E-state index contributed by atoms with van der Waals surface area (Å²) in [6, 6.07) is 5.41. The summed E-state index contributed by atoms with van der Waals surface area (Å²) in [5.74, 6) is 2.00. The molecule has 2 aromatic heterocycles. The van der Waals surface area contributed by atoms with Crippen LogP contribution in [-0.2, 0) is 11.3 Å². The molecule has 0 radical (unpaired) electrons. The monoisotopic (exact) mass is 497 g/mol. The lowest BCUT2D eigenvalue weighted by Crippen LogP contribution is -2.62. The second-order valence-electron chi connectivity index (χ2n) is 9.69.